The number of carbonyl (C=O) groups is 4. The highest BCUT2D eigenvalue weighted by atomic mass is 16.5. The molecule has 0 aliphatic heterocycles. The Labute approximate surface area is 152 Å². The van der Waals surface area contributed by atoms with Gasteiger partial charge in [-0.2, -0.15) is 0 Å². The number of benzene rings is 1. The van der Waals surface area contributed by atoms with E-state index in [0.717, 1.165) is 5.56 Å². The maximum Gasteiger partial charge on any atom is 0.312 e. The van der Waals surface area contributed by atoms with Crippen LogP contribution in [-0.4, -0.2) is 44.1 Å². The van der Waals surface area contributed by atoms with Gasteiger partial charge in [-0.15, -0.1) is 0 Å². The molecule has 0 aliphatic carbocycles. The van der Waals surface area contributed by atoms with Crippen LogP contribution < -0.4 is 21.7 Å². The van der Waals surface area contributed by atoms with Crippen molar-refractivity contribution in [2.45, 2.75) is 26.5 Å². The molecule has 0 aliphatic rings. The van der Waals surface area contributed by atoms with Gasteiger partial charge < -0.3 is 26.4 Å². The minimum absolute atomic E-state index is 0.156. The summed E-state index contributed by atoms with van der Waals surface area (Å²) < 4.78 is 4.87. The Bertz CT molecular complexity index is 663. The lowest BCUT2D eigenvalue weighted by molar-refractivity contribution is -0.126. The molecule has 1 aromatic carbocycles. The highest BCUT2D eigenvalue weighted by Crippen LogP contribution is 2.10. The molecule has 0 heterocycles. The number of urea groups is 1. The van der Waals surface area contributed by atoms with Gasteiger partial charge in [0.2, 0.25) is 25.5 Å². The molecule has 1 rings (SSSR count). The van der Waals surface area contributed by atoms with Crippen LogP contribution in [-0.2, 0) is 20.9 Å². The van der Waals surface area contributed by atoms with Gasteiger partial charge in [0.15, 0.2) is 0 Å². The van der Waals surface area contributed by atoms with Gasteiger partial charge in [0.25, 0.3) is 0 Å². The Morgan fingerprint density at radius 3 is 2.27 bits per heavy atom. The molecule has 0 saturated heterocycles. The van der Waals surface area contributed by atoms with Crippen LogP contribution in [0.5, 0.6) is 0 Å². The van der Waals surface area contributed by atoms with Crippen LogP contribution in [0.25, 0.3) is 0 Å². The lowest BCUT2D eigenvalue weighted by atomic mass is 10.0. The van der Waals surface area contributed by atoms with E-state index in [1.54, 1.807) is 38.1 Å². The third kappa shape index (κ3) is 7.69. The van der Waals surface area contributed by atoms with Crippen molar-refractivity contribution in [2.24, 2.45) is 11.7 Å². The maximum atomic E-state index is 12.0. The number of ether oxygens (including phenoxy) is 1. The van der Waals surface area contributed by atoms with Crippen LogP contribution in [0.3, 0.4) is 0 Å². The number of nitrogens with two attached hydrogens (primary N) is 1. The molecular formula is C16H23BN4O5. The normalized spacial score (nSPS) is 11.3. The molecule has 9 nitrogen and oxygen atoms in total. The summed E-state index contributed by atoms with van der Waals surface area (Å²) in [4.78, 5) is 45.7. The van der Waals surface area contributed by atoms with Gasteiger partial charge in [0.1, 0.15) is 12.6 Å². The summed E-state index contributed by atoms with van der Waals surface area (Å²) in [7, 11) is 1.33. The molecule has 0 aromatic heterocycles. The van der Waals surface area contributed by atoms with Crippen LogP contribution >= 0.6 is 0 Å². The first kappa shape index (κ1) is 21.0. The zero-order chi connectivity index (χ0) is 19.7. The van der Waals surface area contributed by atoms with Gasteiger partial charge in [0.05, 0.1) is 6.54 Å². The molecule has 5 N–H and O–H groups in total. The van der Waals surface area contributed by atoms with Crippen molar-refractivity contribution in [3.05, 3.63) is 29.8 Å². The van der Waals surface area contributed by atoms with E-state index in [1.165, 1.54) is 7.85 Å². The highest BCUT2D eigenvalue weighted by Gasteiger charge is 2.23. The summed E-state index contributed by atoms with van der Waals surface area (Å²) >= 11 is 0. The van der Waals surface area contributed by atoms with E-state index < -0.39 is 23.9 Å². The van der Waals surface area contributed by atoms with Crippen LogP contribution in [0.1, 0.15) is 19.4 Å². The second-order valence-corrected chi connectivity index (χ2v) is 5.97. The smallest absolute Gasteiger partial charge is 0.312 e. The lowest BCUT2D eigenvalue weighted by Crippen LogP contribution is -2.52. The number of hydrogen-bond acceptors (Lipinski definition) is 5. The Balaban J connectivity index is 2.49. The molecule has 0 spiro atoms. The van der Waals surface area contributed by atoms with Crippen molar-refractivity contribution in [1.82, 2.24) is 10.6 Å². The highest BCUT2D eigenvalue weighted by molar-refractivity contribution is 6.55. The lowest BCUT2D eigenvalue weighted by Gasteiger charge is -2.20. The number of carbonyl (C=O) groups excluding carboxylic acids is 4. The number of rotatable bonds is 8. The van der Waals surface area contributed by atoms with Crippen molar-refractivity contribution < 1.29 is 23.9 Å². The second kappa shape index (κ2) is 10.1. The topological polar surface area (TPSA) is 140 Å². The maximum absolute atomic E-state index is 12.0. The molecule has 1 atom stereocenters. The van der Waals surface area contributed by atoms with Crippen LogP contribution in [0.4, 0.5) is 15.3 Å². The zero-order valence-electron chi connectivity index (χ0n) is 15.0. The van der Waals surface area contributed by atoms with Gasteiger partial charge in [-0.25, -0.2) is 4.79 Å². The quantitative estimate of drug-likeness (QED) is 0.470. The summed E-state index contributed by atoms with van der Waals surface area (Å²) in [5.41, 5.74) is 6.36. The molecule has 0 saturated carbocycles. The first-order chi connectivity index (χ1) is 12.2. The molecule has 0 radical (unpaired) electrons. The molecule has 4 amide bonds. The van der Waals surface area contributed by atoms with Gasteiger partial charge >= 0.3 is 6.03 Å². The Kier molecular flexibility index (Phi) is 8.14. The molecule has 10 heteroatoms. The van der Waals surface area contributed by atoms with Crippen LogP contribution in [0.15, 0.2) is 24.3 Å². The first-order valence-electron chi connectivity index (χ1n) is 8.05. The standard InChI is InChI=1S/C16H23BN4O5/c1-9(2)13(21-16(18)25)14(23)19-7-12(22)20-11-5-3-10(4-6-11)8-26-15(17)24/h3-6,9,13H,7-8,17H2,1-2H3,(H,19,23)(H,20,22)(H3,18,21,25). The fourth-order valence-electron chi connectivity index (χ4n) is 2.04. The fraction of sp³-hybridized carbons (Fsp3) is 0.375. The van der Waals surface area contributed by atoms with Gasteiger partial charge in [-0.3, -0.25) is 14.4 Å². The first-order valence-corrected chi connectivity index (χ1v) is 8.05. The summed E-state index contributed by atoms with van der Waals surface area (Å²) in [5.74, 6) is -1.47. The van der Waals surface area contributed by atoms with Crippen molar-refractivity contribution in [2.75, 3.05) is 11.9 Å². The minimum Gasteiger partial charge on any atom is -0.469 e. The van der Waals surface area contributed by atoms with E-state index in [9.17, 15) is 19.2 Å². The Hall–Kier alpha value is -3.04. The summed E-state index contributed by atoms with van der Waals surface area (Å²) in [6.07, 6.45) is 0. The predicted octanol–water partition coefficient (Wildman–Crippen LogP) is -0.296. The summed E-state index contributed by atoms with van der Waals surface area (Å²) in [5, 5.41) is 7.42. The monoisotopic (exact) mass is 362 g/mol. The summed E-state index contributed by atoms with van der Waals surface area (Å²) in [6.45, 7) is 3.40. The average Bonchev–Trinajstić information content (AvgIpc) is 2.56. The van der Waals surface area contributed by atoms with Crippen molar-refractivity contribution in [3.63, 3.8) is 0 Å². The molecule has 140 valence electrons. The molecular weight excluding hydrogens is 339 g/mol. The van der Waals surface area contributed by atoms with Gasteiger partial charge in [0, 0.05) is 5.69 Å². The summed E-state index contributed by atoms with van der Waals surface area (Å²) in [6, 6.07) is 5.11. The third-order valence-corrected chi connectivity index (χ3v) is 3.35. The van der Waals surface area contributed by atoms with Crippen molar-refractivity contribution in [3.8, 4) is 0 Å². The Morgan fingerprint density at radius 2 is 1.77 bits per heavy atom. The number of anilines is 1. The number of nitrogens with one attached hydrogen (secondary N) is 3. The third-order valence-electron chi connectivity index (χ3n) is 3.35. The minimum atomic E-state index is -0.819. The van der Waals surface area contributed by atoms with E-state index in [1.807, 2.05) is 0 Å². The predicted molar refractivity (Wildman–Crippen MR) is 98.2 cm³/mol. The number of primary amides is 1. The SMILES string of the molecule is BC(=O)OCc1ccc(NC(=O)CNC(=O)C(NC(N)=O)C(C)C)cc1. The Morgan fingerprint density at radius 1 is 1.15 bits per heavy atom. The fourth-order valence-corrected chi connectivity index (χ4v) is 2.04. The van der Waals surface area contributed by atoms with Crippen molar-refractivity contribution in [1.29, 1.82) is 0 Å². The second-order valence-electron chi connectivity index (χ2n) is 5.97. The zero-order valence-corrected chi connectivity index (χ0v) is 15.0. The van der Waals surface area contributed by atoms with Crippen LogP contribution in [0, 0.1) is 5.92 Å². The van der Waals surface area contributed by atoms with E-state index in [2.05, 4.69) is 16.0 Å². The van der Waals surface area contributed by atoms with E-state index in [0.29, 0.717) is 5.69 Å². The van der Waals surface area contributed by atoms with E-state index in [4.69, 9.17) is 10.5 Å². The number of hydrogen-bond donors (Lipinski definition) is 4. The molecule has 1 aromatic rings. The van der Waals surface area contributed by atoms with E-state index >= 15 is 0 Å². The average molecular weight is 362 g/mol. The molecule has 1 unspecified atom stereocenters. The largest absolute Gasteiger partial charge is 0.469 e. The molecule has 0 fully saturated rings. The van der Waals surface area contributed by atoms with Gasteiger partial charge in [-0.1, -0.05) is 26.0 Å². The van der Waals surface area contributed by atoms with Crippen LogP contribution in [0.2, 0.25) is 0 Å². The van der Waals surface area contributed by atoms with Gasteiger partial charge in [-0.05, 0) is 23.6 Å². The van der Waals surface area contributed by atoms with Crippen molar-refractivity contribution >= 4 is 37.2 Å². The molecule has 0 bridgehead atoms. The number of amides is 4. The van der Waals surface area contributed by atoms with E-state index in [-0.39, 0.29) is 24.9 Å². The molecule has 26 heavy (non-hydrogen) atoms.